The number of carboxylic acid groups (broad SMARTS) is 1. The van der Waals surface area contributed by atoms with Crippen molar-refractivity contribution < 1.29 is 9.90 Å². The third kappa shape index (κ3) is 3.27. The molecule has 0 radical (unpaired) electrons. The fraction of sp³-hybridized carbons (Fsp3) is 0.417. The smallest absolute Gasteiger partial charge is 0.336 e. The highest BCUT2D eigenvalue weighted by molar-refractivity contribution is 7.99. The Morgan fingerprint density at radius 3 is 2.67 bits per heavy atom. The number of carboxylic acids is 1. The molecule has 0 amide bonds. The van der Waals surface area contributed by atoms with Gasteiger partial charge in [0.1, 0.15) is 0 Å². The van der Waals surface area contributed by atoms with Gasteiger partial charge < -0.3 is 5.11 Å². The lowest BCUT2D eigenvalue weighted by Crippen LogP contribution is -2.01. The molecule has 0 unspecified atom stereocenters. The van der Waals surface area contributed by atoms with Crippen LogP contribution in [0.25, 0.3) is 0 Å². The van der Waals surface area contributed by atoms with Crippen LogP contribution in [0, 0.1) is 12.8 Å². The maximum atomic E-state index is 11.0. The topological polar surface area (TPSA) is 37.3 Å². The molecule has 0 saturated heterocycles. The van der Waals surface area contributed by atoms with Gasteiger partial charge in [-0.3, -0.25) is 0 Å². The van der Waals surface area contributed by atoms with Gasteiger partial charge >= 0.3 is 5.97 Å². The van der Waals surface area contributed by atoms with Crippen LogP contribution in [0.3, 0.4) is 0 Å². The fourth-order valence-corrected chi connectivity index (χ4v) is 2.37. The minimum absolute atomic E-state index is 0.417. The Morgan fingerprint density at radius 1 is 1.47 bits per heavy atom. The second-order valence-electron chi connectivity index (χ2n) is 3.96. The van der Waals surface area contributed by atoms with Crippen LogP contribution in [-0.2, 0) is 0 Å². The van der Waals surface area contributed by atoms with E-state index >= 15 is 0 Å². The number of aryl methyl sites for hydroxylation is 1. The monoisotopic (exact) mass is 224 g/mol. The molecule has 0 atom stereocenters. The SMILES string of the molecule is Cc1cccc(C(=O)O)c1SCC(C)C. The Hall–Kier alpha value is -0.960. The van der Waals surface area contributed by atoms with Crippen LogP contribution in [0.5, 0.6) is 0 Å². The summed E-state index contributed by atoms with van der Waals surface area (Å²) in [6.45, 7) is 6.21. The molecule has 1 rings (SSSR count). The zero-order valence-corrected chi connectivity index (χ0v) is 10.1. The van der Waals surface area contributed by atoms with Crippen LogP contribution in [0.2, 0.25) is 0 Å². The maximum Gasteiger partial charge on any atom is 0.336 e. The highest BCUT2D eigenvalue weighted by Gasteiger charge is 2.12. The van der Waals surface area contributed by atoms with E-state index in [9.17, 15) is 4.79 Å². The Morgan fingerprint density at radius 2 is 2.13 bits per heavy atom. The predicted octanol–water partition coefficient (Wildman–Crippen LogP) is 3.44. The van der Waals surface area contributed by atoms with Gasteiger partial charge in [-0.05, 0) is 24.5 Å². The molecule has 82 valence electrons. The quantitative estimate of drug-likeness (QED) is 0.796. The van der Waals surface area contributed by atoms with E-state index in [0.717, 1.165) is 16.2 Å². The van der Waals surface area contributed by atoms with E-state index < -0.39 is 5.97 Å². The molecule has 0 aliphatic rings. The van der Waals surface area contributed by atoms with Gasteiger partial charge in [0.15, 0.2) is 0 Å². The third-order valence-corrected chi connectivity index (χ3v) is 3.67. The summed E-state index contributed by atoms with van der Waals surface area (Å²) in [5.74, 6) is 0.673. The van der Waals surface area contributed by atoms with Crippen molar-refractivity contribution in [3.05, 3.63) is 29.3 Å². The van der Waals surface area contributed by atoms with Crippen molar-refractivity contribution in [1.29, 1.82) is 0 Å². The molecule has 3 heteroatoms. The minimum Gasteiger partial charge on any atom is -0.478 e. The molecule has 0 spiro atoms. The molecule has 0 aliphatic carbocycles. The number of thioether (sulfide) groups is 1. The molecular formula is C12H16O2S. The van der Waals surface area contributed by atoms with E-state index in [0.29, 0.717) is 11.5 Å². The van der Waals surface area contributed by atoms with Gasteiger partial charge in [-0.1, -0.05) is 26.0 Å². The second-order valence-corrected chi connectivity index (χ2v) is 4.99. The number of hydrogen-bond donors (Lipinski definition) is 1. The first-order chi connectivity index (χ1) is 7.02. The molecule has 1 aromatic carbocycles. The number of rotatable bonds is 4. The van der Waals surface area contributed by atoms with E-state index in [-0.39, 0.29) is 0 Å². The van der Waals surface area contributed by atoms with E-state index in [1.165, 1.54) is 0 Å². The predicted molar refractivity (Wildman–Crippen MR) is 63.7 cm³/mol. The lowest BCUT2D eigenvalue weighted by Gasteiger charge is -2.10. The highest BCUT2D eigenvalue weighted by atomic mass is 32.2. The van der Waals surface area contributed by atoms with Gasteiger partial charge in [0, 0.05) is 10.6 Å². The van der Waals surface area contributed by atoms with Crippen LogP contribution < -0.4 is 0 Å². The first-order valence-electron chi connectivity index (χ1n) is 4.98. The lowest BCUT2D eigenvalue weighted by atomic mass is 10.1. The normalized spacial score (nSPS) is 10.7. The van der Waals surface area contributed by atoms with E-state index in [4.69, 9.17) is 5.11 Å². The van der Waals surface area contributed by atoms with Crippen LogP contribution in [0.4, 0.5) is 0 Å². The average Bonchev–Trinajstić information content (AvgIpc) is 2.15. The summed E-state index contributed by atoms with van der Waals surface area (Å²) in [6.07, 6.45) is 0. The first-order valence-corrected chi connectivity index (χ1v) is 5.96. The van der Waals surface area contributed by atoms with Gasteiger partial charge in [0.2, 0.25) is 0 Å². The van der Waals surface area contributed by atoms with Gasteiger partial charge in [-0.2, -0.15) is 0 Å². The zero-order valence-electron chi connectivity index (χ0n) is 9.28. The van der Waals surface area contributed by atoms with Crippen molar-refractivity contribution >= 4 is 17.7 Å². The third-order valence-electron chi connectivity index (χ3n) is 2.00. The zero-order chi connectivity index (χ0) is 11.4. The van der Waals surface area contributed by atoms with Crippen LogP contribution in [0.15, 0.2) is 23.1 Å². The van der Waals surface area contributed by atoms with Crippen molar-refractivity contribution in [2.75, 3.05) is 5.75 Å². The standard InChI is InChI=1S/C12H16O2S/c1-8(2)7-15-11-9(3)5-4-6-10(11)12(13)14/h4-6,8H,7H2,1-3H3,(H,13,14). The van der Waals surface area contributed by atoms with Gasteiger partial charge in [-0.25, -0.2) is 4.79 Å². The van der Waals surface area contributed by atoms with Crippen molar-refractivity contribution in [2.45, 2.75) is 25.7 Å². The van der Waals surface area contributed by atoms with E-state index in [1.54, 1.807) is 23.9 Å². The van der Waals surface area contributed by atoms with Gasteiger partial charge in [0.25, 0.3) is 0 Å². The average molecular weight is 224 g/mol. The Kier molecular flexibility index (Phi) is 4.21. The molecule has 1 N–H and O–H groups in total. The lowest BCUT2D eigenvalue weighted by molar-refractivity contribution is 0.0693. The van der Waals surface area contributed by atoms with Crippen molar-refractivity contribution in [1.82, 2.24) is 0 Å². The van der Waals surface area contributed by atoms with Crippen LogP contribution >= 0.6 is 11.8 Å². The minimum atomic E-state index is -0.843. The Balaban J connectivity index is 2.97. The summed E-state index contributed by atoms with van der Waals surface area (Å²) in [5, 5.41) is 9.04. The van der Waals surface area contributed by atoms with Crippen molar-refractivity contribution in [2.24, 2.45) is 5.92 Å². The summed E-state index contributed by atoms with van der Waals surface area (Å²) in [7, 11) is 0. The molecule has 0 bridgehead atoms. The number of carbonyl (C=O) groups is 1. The molecule has 2 nitrogen and oxygen atoms in total. The van der Waals surface area contributed by atoms with E-state index in [2.05, 4.69) is 13.8 Å². The fourth-order valence-electron chi connectivity index (χ4n) is 1.26. The molecular weight excluding hydrogens is 208 g/mol. The summed E-state index contributed by atoms with van der Waals surface area (Å²) >= 11 is 1.63. The Labute approximate surface area is 94.7 Å². The van der Waals surface area contributed by atoms with Gasteiger partial charge in [-0.15, -0.1) is 11.8 Å². The van der Waals surface area contributed by atoms with Crippen molar-refractivity contribution in [3.8, 4) is 0 Å². The van der Waals surface area contributed by atoms with Gasteiger partial charge in [0.05, 0.1) is 5.56 Å². The van der Waals surface area contributed by atoms with Crippen LogP contribution in [-0.4, -0.2) is 16.8 Å². The maximum absolute atomic E-state index is 11.0. The first kappa shape index (κ1) is 12.1. The largest absolute Gasteiger partial charge is 0.478 e. The number of hydrogen-bond acceptors (Lipinski definition) is 2. The molecule has 0 heterocycles. The Bertz CT molecular complexity index is 359. The molecule has 0 saturated carbocycles. The molecule has 15 heavy (non-hydrogen) atoms. The number of benzene rings is 1. The highest BCUT2D eigenvalue weighted by Crippen LogP contribution is 2.28. The molecule has 1 aromatic rings. The van der Waals surface area contributed by atoms with Crippen LogP contribution in [0.1, 0.15) is 29.8 Å². The summed E-state index contributed by atoms with van der Waals surface area (Å²) in [5.41, 5.74) is 1.46. The van der Waals surface area contributed by atoms with Crippen molar-refractivity contribution in [3.63, 3.8) is 0 Å². The molecule has 0 aliphatic heterocycles. The summed E-state index contributed by atoms with van der Waals surface area (Å²) in [4.78, 5) is 11.9. The second kappa shape index (κ2) is 5.21. The summed E-state index contributed by atoms with van der Waals surface area (Å²) < 4.78 is 0. The number of aromatic carboxylic acids is 1. The molecule has 0 aromatic heterocycles. The molecule has 0 fully saturated rings. The summed E-state index contributed by atoms with van der Waals surface area (Å²) in [6, 6.07) is 5.41. The van der Waals surface area contributed by atoms with E-state index in [1.807, 2.05) is 13.0 Å².